The van der Waals surface area contributed by atoms with Gasteiger partial charge in [-0.05, 0) is 45.0 Å². The SMILES string of the molecule is Cc1ccc(NC(=O)[C@@H](C)OC(=O)c2cc(=O)c3cc(C)ccc3o2)cc1. The zero-order valence-electron chi connectivity index (χ0n) is 15.2. The fraction of sp³-hybridized carbons (Fsp3) is 0.190. The third-order valence-electron chi connectivity index (χ3n) is 4.06. The van der Waals surface area contributed by atoms with E-state index in [0.29, 0.717) is 11.1 Å². The minimum atomic E-state index is -1.06. The molecule has 0 spiro atoms. The number of benzene rings is 2. The van der Waals surface area contributed by atoms with Crippen LogP contribution in [0.25, 0.3) is 11.0 Å². The molecule has 0 saturated carbocycles. The summed E-state index contributed by atoms with van der Waals surface area (Å²) in [6, 6.07) is 13.4. The van der Waals surface area contributed by atoms with Crippen molar-refractivity contribution in [2.45, 2.75) is 26.9 Å². The van der Waals surface area contributed by atoms with Gasteiger partial charge in [-0.3, -0.25) is 9.59 Å². The Hall–Kier alpha value is -3.41. The molecule has 0 radical (unpaired) electrons. The lowest BCUT2D eigenvalue weighted by Gasteiger charge is -2.13. The fourth-order valence-corrected chi connectivity index (χ4v) is 2.52. The van der Waals surface area contributed by atoms with Crippen LogP contribution < -0.4 is 10.7 Å². The highest BCUT2D eigenvalue weighted by atomic mass is 16.6. The van der Waals surface area contributed by atoms with Gasteiger partial charge >= 0.3 is 5.97 Å². The number of carbonyl (C=O) groups excluding carboxylic acids is 2. The second-order valence-electron chi connectivity index (χ2n) is 6.38. The average Bonchev–Trinajstić information content (AvgIpc) is 2.63. The molecule has 0 aliphatic carbocycles. The van der Waals surface area contributed by atoms with E-state index >= 15 is 0 Å². The van der Waals surface area contributed by atoms with Crippen LogP contribution in [0.2, 0.25) is 0 Å². The second kappa shape index (κ2) is 7.45. The molecule has 1 N–H and O–H groups in total. The first-order valence-corrected chi connectivity index (χ1v) is 8.46. The van der Waals surface area contributed by atoms with E-state index in [4.69, 9.17) is 9.15 Å². The molecule has 3 rings (SSSR count). The van der Waals surface area contributed by atoms with Crippen molar-refractivity contribution < 1.29 is 18.7 Å². The van der Waals surface area contributed by atoms with Gasteiger partial charge in [-0.15, -0.1) is 0 Å². The molecule has 138 valence electrons. The number of carbonyl (C=O) groups is 2. The van der Waals surface area contributed by atoms with Crippen molar-refractivity contribution in [3.63, 3.8) is 0 Å². The van der Waals surface area contributed by atoms with Crippen LogP contribution in [0, 0.1) is 13.8 Å². The Balaban J connectivity index is 1.73. The molecule has 0 aliphatic heterocycles. The van der Waals surface area contributed by atoms with Crippen molar-refractivity contribution in [3.05, 3.63) is 75.6 Å². The molecule has 3 aromatic rings. The summed E-state index contributed by atoms with van der Waals surface area (Å²) >= 11 is 0. The molecule has 0 unspecified atom stereocenters. The molecular weight excluding hydrogens is 346 g/mol. The minimum absolute atomic E-state index is 0.244. The maximum absolute atomic E-state index is 12.3. The number of nitrogens with one attached hydrogen (secondary N) is 1. The largest absolute Gasteiger partial charge is 0.449 e. The molecule has 27 heavy (non-hydrogen) atoms. The number of esters is 1. The fourth-order valence-electron chi connectivity index (χ4n) is 2.52. The molecule has 1 amide bonds. The summed E-state index contributed by atoms with van der Waals surface area (Å²) in [6.07, 6.45) is -1.06. The molecule has 1 atom stereocenters. The maximum Gasteiger partial charge on any atom is 0.375 e. The molecule has 0 fully saturated rings. The van der Waals surface area contributed by atoms with Crippen LogP contribution in [-0.2, 0) is 9.53 Å². The quantitative estimate of drug-likeness (QED) is 0.714. The van der Waals surface area contributed by atoms with Crippen LogP contribution >= 0.6 is 0 Å². The predicted octanol–water partition coefficient (Wildman–Crippen LogP) is 3.59. The number of fused-ring (bicyclic) bond motifs is 1. The Kier molecular flexibility index (Phi) is 5.07. The smallest absolute Gasteiger partial charge is 0.375 e. The zero-order chi connectivity index (χ0) is 19.6. The Morgan fingerprint density at radius 2 is 1.67 bits per heavy atom. The number of amides is 1. The highest BCUT2D eigenvalue weighted by Gasteiger charge is 2.21. The summed E-state index contributed by atoms with van der Waals surface area (Å²) in [6.45, 7) is 5.24. The van der Waals surface area contributed by atoms with Crippen molar-refractivity contribution in [1.29, 1.82) is 0 Å². The van der Waals surface area contributed by atoms with Gasteiger partial charge in [0.05, 0.1) is 5.39 Å². The zero-order valence-corrected chi connectivity index (χ0v) is 15.2. The van der Waals surface area contributed by atoms with Crippen molar-refractivity contribution in [3.8, 4) is 0 Å². The summed E-state index contributed by atoms with van der Waals surface area (Å²) in [7, 11) is 0. The van der Waals surface area contributed by atoms with Gasteiger partial charge in [-0.25, -0.2) is 4.79 Å². The molecule has 0 saturated heterocycles. The number of aryl methyl sites for hydroxylation is 2. The van der Waals surface area contributed by atoms with Crippen molar-refractivity contribution in [2.75, 3.05) is 5.32 Å². The number of hydrogen-bond donors (Lipinski definition) is 1. The molecule has 6 nitrogen and oxygen atoms in total. The molecule has 2 aromatic carbocycles. The molecule has 1 heterocycles. The molecule has 0 bridgehead atoms. The molecule has 0 aliphatic rings. The van der Waals surface area contributed by atoms with Crippen molar-refractivity contribution in [1.82, 2.24) is 0 Å². The Morgan fingerprint density at radius 1 is 1.00 bits per heavy atom. The summed E-state index contributed by atoms with van der Waals surface area (Å²) in [5, 5.41) is 3.05. The molecule has 6 heteroatoms. The van der Waals surface area contributed by atoms with Gasteiger partial charge in [0, 0.05) is 11.8 Å². The van der Waals surface area contributed by atoms with Crippen molar-refractivity contribution in [2.24, 2.45) is 0 Å². The Bertz CT molecular complexity index is 1070. The lowest BCUT2D eigenvalue weighted by molar-refractivity contribution is -0.123. The van der Waals surface area contributed by atoms with E-state index in [-0.39, 0.29) is 16.8 Å². The predicted molar refractivity (Wildman–Crippen MR) is 102 cm³/mol. The number of rotatable bonds is 4. The summed E-state index contributed by atoms with van der Waals surface area (Å²) in [5.41, 5.74) is 2.52. The summed E-state index contributed by atoms with van der Waals surface area (Å²) in [5.74, 6) is -1.60. The lowest BCUT2D eigenvalue weighted by atomic mass is 10.1. The number of ether oxygens (including phenoxy) is 1. The lowest BCUT2D eigenvalue weighted by Crippen LogP contribution is -2.30. The van der Waals surface area contributed by atoms with Crippen LogP contribution in [0.3, 0.4) is 0 Å². The Morgan fingerprint density at radius 3 is 2.37 bits per heavy atom. The third kappa shape index (κ3) is 4.23. The topological polar surface area (TPSA) is 85.6 Å². The van der Waals surface area contributed by atoms with E-state index in [1.165, 1.54) is 6.92 Å². The normalized spacial score (nSPS) is 11.8. The van der Waals surface area contributed by atoms with Gasteiger partial charge in [0.15, 0.2) is 11.5 Å². The van der Waals surface area contributed by atoms with Gasteiger partial charge in [0.25, 0.3) is 5.91 Å². The third-order valence-corrected chi connectivity index (χ3v) is 4.06. The van der Waals surface area contributed by atoms with Gasteiger partial charge in [-0.2, -0.15) is 0 Å². The van der Waals surface area contributed by atoms with Gasteiger partial charge < -0.3 is 14.5 Å². The first-order valence-electron chi connectivity index (χ1n) is 8.46. The van der Waals surface area contributed by atoms with Crippen LogP contribution in [-0.4, -0.2) is 18.0 Å². The average molecular weight is 365 g/mol. The molecular formula is C21H19NO5. The molecule has 1 aromatic heterocycles. The van der Waals surface area contributed by atoms with E-state index in [1.807, 2.05) is 26.0 Å². The highest BCUT2D eigenvalue weighted by molar-refractivity contribution is 5.97. The second-order valence-corrected chi connectivity index (χ2v) is 6.38. The maximum atomic E-state index is 12.3. The van der Waals surface area contributed by atoms with Gasteiger partial charge in [0.1, 0.15) is 5.58 Å². The van der Waals surface area contributed by atoms with Crippen LogP contribution in [0.5, 0.6) is 0 Å². The van der Waals surface area contributed by atoms with E-state index in [9.17, 15) is 14.4 Å². The van der Waals surface area contributed by atoms with Gasteiger partial charge in [0.2, 0.25) is 5.76 Å². The van der Waals surface area contributed by atoms with Crippen molar-refractivity contribution >= 4 is 28.5 Å². The first-order chi connectivity index (χ1) is 12.8. The van der Waals surface area contributed by atoms with Crippen LogP contribution in [0.15, 0.2) is 57.7 Å². The summed E-state index contributed by atoms with van der Waals surface area (Å²) < 4.78 is 10.6. The number of hydrogen-bond acceptors (Lipinski definition) is 5. The number of anilines is 1. The monoisotopic (exact) mass is 365 g/mol. The minimum Gasteiger partial charge on any atom is -0.449 e. The van der Waals surface area contributed by atoms with Gasteiger partial charge in [-0.1, -0.05) is 29.3 Å². The van der Waals surface area contributed by atoms with E-state index in [0.717, 1.165) is 17.2 Å². The standard InChI is InChI=1S/C21H19NO5/c1-12-4-7-15(8-5-12)22-20(24)14(3)26-21(25)19-11-17(23)16-10-13(2)6-9-18(16)27-19/h4-11,14H,1-3H3,(H,22,24)/t14-/m1/s1. The Labute approximate surface area is 155 Å². The van der Waals surface area contributed by atoms with Crippen LogP contribution in [0.4, 0.5) is 5.69 Å². The van der Waals surface area contributed by atoms with E-state index in [2.05, 4.69) is 5.32 Å². The first kappa shape index (κ1) is 18.4. The summed E-state index contributed by atoms with van der Waals surface area (Å²) in [4.78, 5) is 36.7. The highest BCUT2D eigenvalue weighted by Crippen LogP contribution is 2.16. The van der Waals surface area contributed by atoms with E-state index in [1.54, 1.807) is 30.3 Å². The van der Waals surface area contributed by atoms with Crippen LogP contribution in [0.1, 0.15) is 28.6 Å². The van der Waals surface area contributed by atoms with E-state index < -0.39 is 18.0 Å².